The van der Waals surface area contributed by atoms with Gasteiger partial charge in [0, 0.05) is 53.0 Å². The zero-order valence-electron chi connectivity index (χ0n) is 16.6. The van der Waals surface area contributed by atoms with E-state index in [9.17, 15) is 0 Å². The molecule has 2 N–H and O–H groups in total. The van der Waals surface area contributed by atoms with E-state index in [4.69, 9.17) is 4.74 Å². The van der Waals surface area contributed by atoms with Crippen molar-refractivity contribution in [2.75, 3.05) is 18.5 Å². The molecular formula is C25H27N3O. The van der Waals surface area contributed by atoms with Gasteiger partial charge in [-0.15, -0.1) is 0 Å². The molecule has 2 aliphatic heterocycles. The van der Waals surface area contributed by atoms with Crippen molar-refractivity contribution in [2.45, 2.75) is 31.3 Å². The summed E-state index contributed by atoms with van der Waals surface area (Å²) in [4.78, 5) is 6.06. The van der Waals surface area contributed by atoms with Crippen molar-refractivity contribution in [2.24, 2.45) is 0 Å². The molecule has 3 heterocycles. The van der Waals surface area contributed by atoms with Gasteiger partial charge in [-0.05, 0) is 49.2 Å². The molecule has 148 valence electrons. The molecule has 2 aliphatic rings. The van der Waals surface area contributed by atoms with Crippen molar-refractivity contribution >= 4 is 22.2 Å². The van der Waals surface area contributed by atoms with Gasteiger partial charge in [-0.3, -0.25) is 4.90 Å². The van der Waals surface area contributed by atoms with Gasteiger partial charge in [0.1, 0.15) is 12.4 Å². The van der Waals surface area contributed by atoms with Crippen molar-refractivity contribution < 1.29 is 4.74 Å². The Morgan fingerprint density at radius 3 is 3.00 bits per heavy atom. The minimum absolute atomic E-state index is 0.523. The molecule has 0 radical (unpaired) electrons. The molecule has 2 aromatic carbocycles. The van der Waals surface area contributed by atoms with E-state index in [1.54, 1.807) is 6.20 Å². The molecule has 3 aromatic rings. The lowest BCUT2D eigenvalue weighted by molar-refractivity contribution is 0.169. The second kappa shape index (κ2) is 7.80. The van der Waals surface area contributed by atoms with Crippen molar-refractivity contribution in [3.8, 4) is 5.75 Å². The van der Waals surface area contributed by atoms with E-state index in [-0.39, 0.29) is 0 Å². The van der Waals surface area contributed by atoms with Gasteiger partial charge in [-0.2, -0.15) is 0 Å². The normalized spacial score (nSPS) is 21.2. The highest BCUT2D eigenvalue weighted by molar-refractivity contribution is 5.93. The number of H-pyrrole nitrogens is 1. The summed E-state index contributed by atoms with van der Waals surface area (Å²) in [6.45, 7) is 5.38. The Morgan fingerprint density at radius 1 is 1.17 bits per heavy atom. The third-order valence-electron chi connectivity index (χ3n) is 6.20. The van der Waals surface area contributed by atoms with Crippen LogP contribution in [0.4, 0.5) is 5.69 Å². The van der Waals surface area contributed by atoms with E-state index in [1.165, 1.54) is 34.9 Å². The molecule has 5 rings (SSSR count). The first-order valence-electron chi connectivity index (χ1n) is 10.4. The summed E-state index contributed by atoms with van der Waals surface area (Å²) in [6.07, 6.45) is 9.99. The fourth-order valence-electron chi connectivity index (χ4n) is 4.87. The van der Waals surface area contributed by atoms with Gasteiger partial charge in [-0.1, -0.05) is 36.9 Å². The molecule has 0 aliphatic carbocycles. The predicted octanol–water partition coefficient (Wildman–Crippen LogP) is 5.42. The number of hydrogen-bond acceptors (Lipinski definition) is 3. The lowest BCUT2D eigenvalue weighted by Crippen LogP contribution is -2.40. The monoisotopic (exact) mass is 385 g/mol. The maximum Gasteiger partial charge on any atom is 0.121 e. The van der Waals surface area contributed by atoms with Gasteiger partial charge in [0.15, 0.2) is 0 Å². The van der Waals surface area contributed by atoms with Crippen LogP contribution in [0.2, 0.25) is 0 Å². The lowest BCUT2D eigenvalue weighted by Gasteiger charge is -2.33. The molecular weight excluding hydrogens is 358 g/mol. The van der Waals surface area contributed by atoms with Crippen LogP contribution in [-0.2, 0) is 0 Å². The van der Waals surface area contributed by atoms with E-state index >= 15 is 0 Å². The first kappa shape index (κ1) is 18.1. The van der Waals surface area contributed by atoms with E-state index in [0.717, 1.165) is 24.4 Å². The highest BCUT2D eigenvalue weighted by atomic mass is 16.5. The second-order valence-electron chi connectivity index (χ2n) is 7.91. The van der Waals surface area contributed by atoms with Gasteiger partial charge < -0.3 is 15.0 Å². The van der Waals surface area contributed by atoms with Crippen molar-refractivity contribution in [3.63, 3.8) is 0 Å². The number of hydrogen-bond donors (Lipinski definition) is 2. The van der Waals surface area contributed by atoms with E-state index in [2.05, 4.69) is 58.3 Å². The summed E-state index contributed by atoms with van der Waals surface area (Å²) in [5.74, 6) is 0.899. The molecule has 1 saturated heterocycles. The zero-order valence-corrected chi connectivity index (χ0v) is 16.6. The Labute approximate surface area is 171 Å². The van der Waals surface area contributed by atoms with Crippen molar-refractivity contribution in [1.82, 2.24) is 9.88 Å². The van der Waals surface area contributed by atoms with Crippen LogP contribution in [0.15, 0.2) is 73.6 Å². The smallest absolute Gasteiger partial charge is 0.121 e. The Morgan fingerprint density at radius 2 is 2.10 bits per heavy atom. The Balaban J connectivity index is 1.25. The van der Waals surface area contributed by atoms with E-state index in [1.807, 2.05) is 24.3 Å². The quantitative estimate of drug-likeness (QED) is 0.570. The van der Waals surface area contributed by atoms with Crippen LogP contribution < -0.4 is 10.1 Å². The van der Waals surface area contributed by atoms with Crippen LogP contribution in [0.25, 0.3) is 16.5 Å². The van der Waals surface area contributed by atoms with E-state index in [0.29, 0.717) is 18.7 Å². The molecule has 4 heteroatoms. The van der Waals surface area contributed by atoms with Gasteiger partial charge in [0.2, 0.25) is 0 Å². The molecule has 0 saturated carbocycles. The molecule has 4 nitrogen and oxygen atoms in total. The number of anilines is 1. The van der Waals surface area contributed by atoms with Crippen LogP contribution in [0.1, 0.15) is 24.8 Å². The maximum absolute atomic E-state index is 6.04. The summed E-state index contributed by atoms with van der Waals surface area (Å²) in [5.41, 5.74) is 5.09. The summed E-state index contributed by atoms with van der Waals surface area (Å²) < 4.78 is 6.04. The van der Waals surface area contributed by atoms with Crippen LogP contribution in [0.3, 0.4) is 0 Å². The minimum Gasteiger partial charge on any atom is -0.492 e. The van der Waals surface area contributed by atoms with E-state index < -0.39 is 0 Å². The number of rotatable bonds is 7. The number of nitrogens with one attached hydrogen (secondary N) is 2. The molecule has 1 aromatic heterocycles. The van der Waals surface area contributed by atoms with Gasteiger partial charge in [0.25, 0.3) is 0 Å². The third-order valence-corrected chi connectivity index (χ3v) is 6.20. The topological polar surface area (TPSA) is 40.3 Å². The summed E-state index contributed by atoms with van der Waals surface area (Å²) in [5, 5.41) is 4.44. The maximum atomic E-state index is 6.04. The Hall–Kier alpha value is -2.98. The van der Waals surface area contributed by atoms with Crippen molar-refractivity contribution in [1.29, 1.82) is 0 Å². The SMILES string of the molecule is C=CNc1cccc(OCCN2C3C=C(c4c[nH]c5ccccc45)CC2CC3)c1. The second-order valence-corrected chi connectivity index (χ2v) is 7.91. The number of ether oxygens (including phenoxy) is 1. The largest absolute Gasteiger partial charge is 0.492 e. The first-order valence-corrected chi connectivity index (χ1v) is 10.4. The van der Waals surface area contributed by atoms with Crippen molar-refractivity contribution in [3.05, 3.63) is 79.1 Å². The Bertz CT molecular complexity index is 1050. The number of fused-ring (bicyclic) bond motifs is 3. The number of aromatic amines is 1. The average Bonchev–Trinajstić information content (AvgIpc) is 3.26. The summed E-state index contributed by atoms with van der Waals surface area (Å²) >= 11 is 0. The van der Waals surface area contributed by atoms with Crippen LogP contribution in [0, 0.1) is 0 Å². The van der Waals surface area contributed by atoms with Crippen LogP contribution in [0.5, 0.6) is 5.75 Å². The molecule has 29 heavy (non-hydrogen) atoms. The fourth-order valence-corrected chi connectivity index (χ4v) is 4.87. The zero-order chi connectivity index (χ0) is 19.6. The Kier molecular flexibility index (Phi) is 4.86. The number of para-hydroxylation sites is 1. The molecule has 0 spiro atoms. The lowest BCUT2D eigenvalue weighted by atomic mass is 9.94. The number of nitrogens with zero attached hydrogens (tertiary/aromatic N) is 1. The van der Waals surface area contributed by atoms with Gasteiger partial charge in [0.05, 0.1) is 0 Å². The minimum atomic E-state index is 0.523. The van der Waals surface area contributed by atoms with Gasteiger partial charge >= 0.3 is 0 Å². The highest BCUT2D eigenvalue weighted by Crippen LogP contribution is 2.40. The molecule has 2 bridgehead atoms. The molecule has 2 unspecified atom stereocenters. The highest BCUT2D eigenvalue weighted by Gasteiger charge is 2.36. The van der Waals surface area contributed by atoms with Crippen LogP contribution >= 0.6 is 0 Å². The molecule has 0 amide bonds. The summed E-state index contributed by atoms with van der Waals surface area (Å²) in [6, 6.07) is 17.8. The number of benzene rings is 2. The van der Waals surface area contributed by atoms with Gasteiger partial charge in [-0.25, -0.2) is 0 Å². The average molecular weight is 386 g/mol. The predicted molar refractivity (Wildman–Crippen MR) is 120 cm³/mol. The van der Waals surface area contributed by atoms with Crippen LogP contribution in [-0.4, -0.2) is 35.1 Å². The summed E-state index contributed by atoms with van der Waals surface area (Å²) in [7, 11) is 0. The third kappa shape index (κ3) is 3.56. The molecule has 2 atom stereocenters. The number of aromatic nitrogens is 1. The first-order chi connectivity index (χ1) is 14.3. The standard InChI is InChI=1S/C25H27N3O/c1-2-26-19-6-5-7-22(16-19)29-13-12-28-20-10-11-21(28)15-18(14-20)24-17-27-25-9-4-3-8-23(24)25/h2-9,14,16-17,20-21,26-27H,1,10-13,15H2. The fraction of sp³-hybridized carbons (Fsp3) is 0.280. The molecule has 1 fully saturated rings.